The van der Waals surface area contributed by atoms with E-state index < -0.39 is 0 Å². The van der Waals surface area contributed by atoms with Crippen molar-refractivity contribution in [3.63, 3.8) is 0 Å². The van der Waals surface area contributed by atoms with Gasteiger partial charge in [0, 0.05) is 18.0 Å². The number of amides is 2. The number of hydrogen-bond acceptors (Lipinski definition) is 3. The molecule has 0 atom stereocenters. The number of nitrogens with zero attached hydrogens (tertiary/aromatic N) is 1. The summed E-state index contributed by atoms with van der Waals surface area (Å²) in [5.41, 5.74) is 3.57. The van der Waals surface area contributed by atoms with Crippen molar-refractivity contribution in [2.75, 3.05) is 24.2 Å². The van der Waals surface area contributed by atoms with Gasteiger partial charge in [-0.15, -0.1) is 0 Å². The molecule has 0 bridgehead atoms. The Hall–Kier alpha value is -1.49. The molecular weight excluding hydrogens is 260 g/mol. The van der Waals surface area contributed by atoms with Crippen LogP contribution >= 0.6 is 11.8 Å². The van der Waals surface area contributed by atoms with Crippen LogP contribution in [0.25, 0.3) is 0 Å². The maximum absolute atomic E-state index is 11.9. The lowest BCUT2D eigenvalue weighted by Gasteiger charge is -2.14. The molecule has 1 saturated heterocycles. The Kier molecular flexibility index (Phi) is 3.46. The summed E-state index contributed by atoms with van der Waals surface area (Å²) < 4.78 is 0. The second-order valence-corrected chi connectivity index (χ2v) is 5.97. The van der Waals surface area contributed by atoms with Gasteiger partial charge in [-0.05, 0) is 42.5 Å². The molecule has 0 spiro atoms. The van der Waals surface area contributed by atoms with Gasteiger partial charge >= 0.3 is 0 Å². The van der Waals surface area contributed by atoms with Crippen LogP contribution in [0.1, 0.15) is 17.5 Å². The molecule has 0 unspecified atom stereocenters. The number of hydrogen-bond donors (Lipinski definition) is 1. The molecule has 19 heavy (non-hydrogen) atoms. The summed E-state index contributed by atoms with van der Waals surface area (Å²) in [5.74, 6) is 0.666. The second-order valence-electron chi connectivity index (χ2n) is 4.92. The van der Waals surface area contributed by atoms with Crippen molar-refractivity contribution < 1.29 is 9.59 Å². The zero-order valence-corrected chi connectivity index (χ0v) is 11.5. The first-order chi connectivity index (χ1) is 9.22. The molecule has 1 N–H and O–H groups in total. The van der Waals surface area contributed by atoms with E-state index in [1.54, 1.807) is 4.90 Å². The second kappa shape index (κ2) is 5.25. The van der Waals surface area contributed by atoms with E-state index in [0.717, 1.165) is 24.3 Å². The van der Waals surface area contributed by atoms with Gasteiger partial charge < -0.3 is 10.2 Å². The molecule has 4 nitrogen and oxygen atoms in total. The van der Waals surface area contributed by atoms with Crippen LogP contribution < -0.4 is 5.32 Å². The molecule has 1 fully saturated rings. The minimum atomic E-state index is -0.117. The van der Waals surface area contributed by atoms with Crippen LogP contribution in [0.5, 0.6) is 0 Å². The normalized spacial score (nSPS) is 17.7. The minimum absolute atomic E-state index is 0.00380. The third-order valence-corrected chi connectivity index (χ3v) is 4.45. The minimum Gasteiger partial charge on any atom is -0.325 e. The standard InChI is InChI=1S/C14H16N2O2S/c17-13(9-16-6-7-19-14(16)18)15-12-5-4-10-2-1-3-11(10)8-12/h4-5,8H,1-3,6-7,9H2,(H,15,17). The quantitative estimate of drug-likeness (QED) is 0.921. The molecular formula is C14H16N2O2S. The molecule has 0 aromatic heterocycles. The average Bonchev–Trinajstić information content (AvgIpc) is 2.98. The van der Waals surface area contributed by atoms with Gasteiger partial charge in [0.2, 0.25) is 5.91 Å². The third-order valence-electron chi connectivity index (χ3n) is 3.56. The molecule has 1 aliphatic heterocycles. The maximum Gasteiger partial charge on any atom is 0.282 e. The summed E-state index contributed by atoms with van der Waals surface area (Å²) in [4.78, 5) is 24.9. The summed E-state index contributed by atoms with van der Waals surface area (Å²) in [5, 5.41) is 2.88. The van der Waals surface area contributed by atoms with Gasteiger partial charge in [-0.25, -0.2) is 0 Å². The lowest BCUT2D eigenvalue weighted by molar-refractivity contribution is -0.116. The number of nitrogens with one attached hydrogen (secondary N) is 1. The maximum atomic E-state index is 11.9. The van der Waals surface area contributed by atoms with E-state index in [1.165, 1.54) is 29.3 Å². The van der Waals surface area contributed by atoms with Crippen molar-refractivity contribution >= 4 is 28.6 Å². The first-order valence-electron chi connectivity index (χ1n) is 6.56. The number of carbonyl (C=O) groups excluding carboxylic acids is 2. The van der Waals surface area contributed by atoms with Crippen LogP contribution in [0, 0.1) is 0 Å². The summed E-state index contributed by atoms with van der Waals surface area (Å²) >= 11 is 1.28. The highest BCUT2D eigenvalue weighted by Gasteiger charge is 2.23. The van der Waals surface area contributed by atoms with E-state index in [0.29, 0.717) is 6.54 Å². The number of anilines is 1. The largest absolute Gasteiger partial charge is 0.325 e. The molecule has 3 rings (SSSR count). The third kappa shape index (κ3) is 2.76. The van der Waals surface area contributed by atoms with Crippen LogP contribution in [-0.2, 0) is 17.6 Å². The van der Waals surface area contributed by atoms with Crippen LogP contribution in [-0.4, -0.2) is 34.9 Å². The SMILES string of the molecule is O=C(CN1CCSC1=O)Nc1ccc2c(c1)CCC2. The number of thioether (sulfide) groups is 1. The number of carbonyl (C=O) groups is 2. The summed E-state index contributed by atoms with van der Waals surface area (Å²) in [6, 6.07) is 6.10. The zero-order chi connectivity index (χ0) is 13.2. The molecule has 0 radical (unpaired) electrons. The molecule has 100 valence electrons. The number of rotatable bonds is 3. The lowest BCUT2D eigenvalue weighted by atomic mass is 10.1. The number of fused-ring (bicyclic) bond motifs is 1. The van der Waals surface area contributed by atoms with Crippen LogP contribution in [0.4, 0.5) is 10.5 Å². The van der Waals surface area contributed by atoms with Crippen molar-refractivity contribution in [1.82, 2.24) is 4.90 Å². The fraction of sp³-hybridized carbons (Fsp3) is 0.429. The Morgan fingerprint density at radius 2 is 2.16 bits per heavy atom. The summed E-state index contributed by atoms with van der Waals surface area (Å²) in [6.07, 6.45) is 3.44. The van der Waals surface area contributed by atoms with Crippen molar-refractivity contribution in [2.45, 2.75) is 19.3 Å². The van der Waals surface area contributed by atoms with Gasteiger partial charge in [-0.2, -0.15) is 0 Å². The van der Waals surface area contributed by atoms with Crippen LogP contribution in [0.3, 0.4) is 0 Å². The smallest absolute Gasteiger partial charge is 0.282 e. The first kappa shape index (κ1) is 12.5. The Morgan fingerprint density at radius 1 is 1.32 bits per heavy atom. The lowest BCUT2D eigenvalue weighted by Crippen LogP contribution is -2.33. The van der Waals surface area contributed by atoms with Gasteiger partial charge in [0.25, 0.3) is 5.24 Å². The van der Waals surface area contributed by atoms with Crippen LogP contribution in [0.2, 0.25) is 0 Å². The van der Waals surface area contributed by atoms with E-state index in [1.807, 2.05) is 6.07 Å². The average molecular weight is 276 g/mol. The molecule has 1 heterocycles. The fourth-order valence-corrected chi connectivity index (χ4v) is 3.42. The Morgan fingerprint density at radius 3 is 2.95 bits per heavy atom. The number of benzene rings is 1. The molecule has 1 aromatic carbocycles. The zero-order valence-electron chi connectivity index (χ0n) is 10.6. The predicted molar refractivity (Wildman–Crippen MR) is 76.5 cm³/mol. The first-order valence-corrected chi connectivity index (χ1v) is 7.54. The monoisotopic (exact) mass is 276 g/mol. The summed E-state index contributed by atoms with van der Waals surface area (Å²) in [6.45, 7) is 0.823. The van der Waals surface area contributed by atoms with Gasteiger partial charge in [0.15, 0.2) is 0 Å². The van der Waals surface area contributed by atoms with E-state index >= 15 is 0 Å². The van der Waals surface area contributed by atoms with Gasteiger partial charge in [-0.1, -0.05) is 17.8 Å². The topological polar surface area (TPSA) is 49.4 Å². The fourth-order valence-electron chi connectivity index (χ4n) is 2.59. The van der Waals surface area contributed by atoms with Crippen molar-refractivity contribution in [3.05, 3.63) is 29.3 Å². The predicted octanol–water partition coefficient (Wildman–Crippen LogP) is 2.28. The van der Waals surface area contributed by atoms with E-state index in [4.69, 9.17) is 0 Å². The Labute approximate surface area is 116 Å². The van der Waals surface area contributed by atoms with E-state index in [-0.39, 0.29) is 17.7 Å². The highest BCUT2D eigenvalue weighted by molar-refractivity contribution is 8.13. The molecule has 5 heteroatoms. The van der Waals surface area contributed by atoms with Gasteiger partial charge in [0.1, 0.15) is 6.54 Å². The van der Waals surface area contributed by atoms with Gasteiger partial charge in [0.05, 0.1) is 0 Å². The Bertz CT molecular complexity index is 530. The highest BCUT2D eigenvalue weighted by Crippen LogP contribution is 2.25. The van der Waals surface area contributed by atoms with Crippen molar-refractivity contribution in [3.8, 4) is 0 Å². The van der Waals surface area contributed by atoms with E-state index in [2.05, 4.69) is 17.4 Å². The van der Waals surface area contributed by atoms with Crippen molar-refractivity contribution in [2.24, 2.45) is 0 Å². The van der Waals surface area contributed by atoms with Gasteiger partial charge in [-0.3, -0.25) is 9.59 Å². The highest BCUT2D eigenvalue weighted by atomic mass is 32.2. The van der Waals surface area contributed by atoms with E-state index in [9.17, 15) is 9.59 Å². The number of aryl methyl sites for hydroxylation is 2. The molecule has 0 saturated carbocycles. The molecule has 2 aliphatic rings. The van der Waals surface area contributed by atoms with Crippen LogP contribution in [0.15, 0.2) is 18.2 Å². The molecule has 1 aliphatic carbocycles. The molecule has 2 amide bonds. The van der Waals surface area contributed by atoms with Crippen molar-refractivity contribution in [1.29, 1.82) is 0 Å². The summed E-state index contributed by atoms with van der Waals surface area (Å²) in [7, 11) is 0. The Balaban J connectivity index is 1.61. The molecule has 1 aromatic rings.